The van der Waals surface area contributed by atoms with Crippen LogP contribution in [0.5, 0.6) is 0 Å². The third-order valence-corrected chi connectivity index (χ3v) is 9.59. The van der Waals surface area contributed by atoms with Crippen molar-refractivity contribution in [2.75, 3.05) is 11.9 Å². The number of hydrogen-bond donors (Lipinski definition) is 1. The largest absolute Gasteiger partial charge is 0.325 e. The molecule has 0 unspecified atom stereocenters. The van der Waals surface area contributed by atoms with Crippen LogP contribution in [0.4, 0.5) is 5.69 Å². The molecule has 1 fully saturated rings. The van der Waals surface area contributed by atoms with Gasteiger partial charge in [-0.3, -0.25) is 19.3 Å². The molecule has 8 heteroatoms. The number of carbonyl (C=O) groups is 3. The van der Waals surface area contributed by atoms with E-state index >= 15 is 0 Å². The first-order valence-electron chi connectivity index (χ1n) is 11.2. The van der Waals surface area contributed by atoms with Crippen molar-refractivity contribution in [1.29, 1.82) is 0 Å². The standard InChI is InChI=1S/C27H19BrCl2N2O3/c1-14-12-15(10-11-20(14)28)31-21(33)13-32-24(34)22-23(25(32)35)27(30)17-7-3-2-6-16(17)26(22,29)18-8-4-5-9-19(18)27/h2-12,22-23H,13H2,1H3,(H,31,33)/t22-,23-,26?,27?/m1/s1. The van der Waals surface area contributed by atoms with Crippen LogP contribution < -0.4 is 5.32 Å². The van der Waals surface area contributed by atoms with Gasteiger partial charge in [0, 0.05) is 10.2 Å². The third-order valence-electron chi connectivity index (χ3n) is 7.42. The highest BCUT2D eigenvalue weighted by Crippen LogP contribution is 2.69. The van der Waals surface area contributed by atoms with E-state index in [-0.39, 0.29) is 0 Å². The van der Waals surface area contributed by atoms with Crippen molar-refractivity contribution in [3.63, 3.8) is 0 Å². The van der Waals surface area contributed by atoms with Gasteiger partial charge in [0.15, 0.2) is 0 Å². The maximum atomic E-state index is 13.8. The number of benzene rings is 3. The number of rotatable bonds is 3. The Balaban J connectivity index is 1.40. The quantitative estimate of drug-likeness (QED) is 0.344. The zero-order valence-corrected chi connectivity index (χ0v) is 21.6. The van der Waals surface area contributed by atoms with Crippen molar-refractivity contribution >= 4 is 62.5 Å². The van der Waals surface area contributed by atoms with Gasteiger partial charge in [-0.2, -0.15) is 0 Å². The number of nitrogens with one attached hydrogen (secondary N) is 1. The molecule has 4 aliphatic rings. The maximum Gasteiger partial charge on any atom is 0.244 e. The summed E-state index contributed by atoms with van der Waals surface area (Å²) >= 11 is 18.2. The molecule has 176 valence electrons. The van der Waals surface area contributed by atoms with Crippen LogP contribution in [0.1, 0.15) is 27.8 Å². The third kappa shape index (κ3) is 2.90. The Morgan fingerprint density at radius 3 is 1.77 bits per heavy atom. The van der Waals surface area contributed by atoms with Crippen LogP contribution in [0.15, 0.2) is 71.2 Å². The van der Waals surface area contributed by atoms with E-state index in [9.17, 15) is 14.4 Å². The number of halogens is 3. The van der Waals surface area contributed by atoms with Crippen LogP contribution in [-0.4, -0.2) is 29.2 Å². The summed E-state index contributed by atoms with van der Waals surface area (Å²) in [5.74, 6) is -3.26. The Morgan fingerprint density at radius 2 is 1.34 bits per heavy atom. The molecule has 1 aliphatic heterocycles. The molecular weight excluding hydrogens is 551 g/mol. The van der Waals surface area contributed by atoms with E-state index in [0.29, 0.717) is 5.69 Å². The summed E-state index contributed by atoms with van der Waals surface area (Å²) in [6.07, 6.45) is 0. The fraction of sp³-hybridized carbons (Fsp3) is 0.222. The van der Waals surface area contributed by atoms with Crippen LogP contribution in [0.25, 0.3) is 0 Å². The summed E-state index contributed by atoms with van der Waals surface area (Å²) in [6.45, 7) is 1.50. The fourth-order valence-electron chi connectivity index (χ4n) is 5.95. The second kappa shape index (κ2) is 7.66. The lowest BCUT2D eigenvalue weighted by Crippen LogP contribution is -2.57. The van der Waals surface area contributed by atoms with E-state index in [0.717, 1.165) is 37.2 Å². The number of hydrogen-bond acceptors (Lipinski definition) is 3. The summed E-state index contributed by atoms with van der Waals surface area (Å²) in [7, 11) is 0. The first-order valence-corrected chi connectivity index (χ1v) is 12.7. The normalized spacial score (nSPS) is 27.9. The lowest BCUT2D eigenvalue weighted by molar-refractivity contribution is -0.142. The van der Waals surface area contributed by atoms with Gasteiger partial charge in [0.1, 0.15) is 16.3 Å². The van der Waals surface area contributed by atoms with Gasteiger partial charge >= 0.3 is 0 Å². The van der Waals surface area contributed by atoms with Crippen LogP contribution in [0.3, 0.4) is 0 Å². The van der Waals surface area contributed by atoms with Gasteiger partial charge in [0.2, 0.25) is 17.7 Å². The first-order chi connectivity index (χ1) is 16.7. The molecule has 0 spiro atoms. The van der Waals surface area contributed by atoms with Crippen molar-refractivity contribution in [3.05, 3.63) is 99.0 Å². The molecule has 35 heavy (non-hydrogen) atoms. The SMILES string of the molecule is Cc1cc(NC(=O)CN2C(=O)[C@H]3[C@H](C2=O)C2(Cl)c4ccccc4C3(Cl)c3ccccc32)ccc1Br. The van der Waals surface area contributed by atoms with Crippen LogP contribution in [0, 0.1) is 18.8 Å². The lowest BCUT2D eigenvalue weighted by Gasteiger charge is -2.54. The first kappa shape index (κ1) is 22.8. The van der Waals surface area contributed by atoms with Crippen molar-refractivity contribution in [1.82, 2.24) is 4.90 Å². The number of imide groups is 1. The zero-order chi connectivity index (χ0) is 24.7. The monoisotopic (exact) mass is 568 g/mol. The molecule has 2 bridgehead atoms. The van der Waals surface area contributed by atoms with E-state index in [2.05, 4.69) is 21.2 Å². The predicted molar refractivity (Wildman–Crippen MR) is 137 cm³/mol. The molecule has 3 aromatic rings. The summed E-state index contributed by atoms with van der Waals surface area (Å²) in [5.41, 5.74) is 4.45. The van der Waals surface area contributed by atoms with Gasteiger partial charge < -0.3 is 5.32 Å². The minimum Gasteiger partial charge on any atom is -0.325 e. The molecule has 3 amide bonds. The molecule has 5 nitrogen and oxygen atoms in total. The summed E-state index contributed by atoms with van der Waals surface area (Å²) in [5, 5.41) is 2.78. The van der Waals surface area contributed by atoms with Gasteiger partial charge in [-0.15, -0.1) is 23.2 Å². The van der Waals surface area contributed by atoms with Crippen molar-refractivity contribution in [2.24, 2.45) is 11.8 Å². The number of carbonyl (C=O) groups excluding carboxylic acids is 3. The van der Waals surface area contributed by atoms with Gasteiger partial charge in [-0.05, 0) is 52.9 Å². The van der Waals surface area contributed by atoms with Crippen LogP contribution >= 0.6 is 39.1 Å². The van der Waals surface area contributed by atoms with E-state index in [1.165, 1.54) is 0 Å². The van der Waals surface area contributed by atoms with E-state index in [1.807, 2.05) is 67.6 Å². The van der Waals surface area contributed by atoms with Crippen LogP contribution in [0.2, 0.25) is 0 Å². The number of likely N-dealkylation sites (tertiary alicyclic amines) is 1. The highest BCUT2D eigenvalue weighted by molar-refractivity contribution is 9.10. The molecule has 0 saturated carbocycles. The molecule has 3 aromatic carbocycles. The minimum absolute atomic E-state index is 0.410. The highest BCUT2D eigenvalue weighted by atomic mass is 79.9. The number of alkyl halides is 2. The number of amides is 3. The molecule has 0 radical (unpaired) electrons. The Labute approximate surface area is 220 Å². The van der Waals surface area contributed by atoms with Gasteiger partial charge in [0.05, 0.1) is 11.8 Å². The van der Waals surface area contributed by atoms with Gasteiger partial charge in [-0.1, -0.05) is 64.5 Å². The average molecular weight is 570 g/mol. The molecule has 0 aromatic heterocycles. The Bertz CT molecular complexity index is 1330. The molecular formula is C27H19BrCl2N2O3. The molecule has 1 heterocycles. The molecule has 1 saturated heterocycles. The Kier molecular flexibility index (Phi) is 4.99. The molecule has 7 rings (SSSR count). The van der Waals surface area contributed by atoms with Crippen molar-refractivity contribution in [3.8, 4) is 0 Å². The van der Waals surface area contributed by atoms with Crippen molar-refractivity contribution in [2.45, 2.75) is 16.7 Å². The highest BCUT2D eigenvalue weighted by Gasteiger charge is 2.73. The number of anilines is 1. The summed E-state index contributed by atoms with van der Waals surface area (Å²) in [6, 6.07) is 20.3. The van der Waals surface area contributed by atoms with Gasteiger partial charge in [0.25, 0.3) is 0 Å². The topological polar surface area (TPSA) is 66.5 Å². The Morgan fingerprint density at radius 1 is 0.886 bits per heavy atom. The minimum atomic E-state index is -1.25. The van der Waals surface area contributed by atoms with E-state index < -0.39 is 45.9 Å². The number of nitrogens with zero attached hydrogens (tertiary/aromatic N) is 1. The second-order valence-corrected chi connectivity index (χ2v) is 11.3. The smallest absolute Gasteiger partial charge is 0.244 e. The number of aryl methyl sites for hydroxylation is 1. The predicted octanol–water partition coefficient (Wildman–Crippen LogP) is 5.29. The van der Waals surface area contributed by atoms with E-state index in [4.69, 9.17) is 23.2 Å². The molecule has 2 atom stereocenters. The lowest BCUT2D eigenvalue weighted by atomic mass is 9.54. The van der Waals surface area contributed by atoms with Gasteiger partial charge in [-0.25, -0.2) is 0 Å². The Hall–Kier alpha value is -2.67. The second-order valence-electron chi connectivity index (χ2n) is 9.24. The van der Waals surface area contributed by atoms with Crippen molar-refractivity contribution < 1.29 is 14.4 Å². The zero-order valence-electron chi connectivity index (χ0n) is 18.5. The summed E-state index contributed by atoms with van der Waals surface area (Å²) in [4.78, 5) is 38.9. The summed E-state index contributed by atoms with van der Waals surface area (Å²) < 4.78 is 0.916. The molecule has 1 N–H and O–H groups in total. The average Bonchev–Trinajstić information content (AvgIpc) is 3.10. The maximum absolute atomic E-state index is 13.8. The fourth-order valence-corrected chi connectivity index (χ4v) is 7.29. The van der Waals surface area contributed by atoms with Crippen LogP contribution in [-0.2, 0) is 24.1 Å². The molecule has 3 aliphatic carbocycles. The van der Waals surface area contributed by atoms with E-state index in [1.54, 1.807) is 6.07 Å².